The van der Waals surface area contributed by atoms with Gasteiger partial charge in [0, 0.05) is 18.0 Å². The van der Waals surface area contributed by atoms with Crippen molar-refractivity contribution in [2.75, 3.05) is 0 Å². The highest BCUT2D eigenvalue weighted by molar-refractivity contribution is 7.12. The van der Waals surface area contributed by atoms with E-state index in [0.29, 0.717) is 4.88 Å². The van der Waals surface area contributed by atoms with Crippen molar-refractivity contribution in [1.29, 1.82) is 0 Å². The second-order valence-electron chi connectivity index (χ2n) is 3.90. The molecule has 1 aliphatic carbocycles. The molecule has 3 rings (SSSR count). The molecule has 2 heterocycles. The van der Waals surface area contributed by atoms with E-state index >= 15 is 0 Å². The number of fused-ring (bicyclic) bond motifs is 3. The molecule has 0 atom stereocenters. The van der Waals surface area contributed by atoms with Gasteiger partial charge in [0.1, 0.15) is 4.88 Å². The van der Waals surface area contributed by atoms with Gasteiger partial charge in [-0.15, -0.1) is 11.3 Å². The van der Waals surface area contributed by atoms with Crippen molar-refractivity contribution in [3.8, 4) is 11.3 Å². The summed E-state index contributed by atoms with van der Waals surface area (Å²) in [7, 11) is 1.89. The van der Waals surface area contributed by atoms with Crippen molar-refractivity contribution in [2.45, 2.75) is 12.8 Å². The number of carboxylic acids is 1. The number of nitrogens with zero attached hydrogens (tertiary/aromatic N) is 2. The van der Waals surface area contributed by atoms with E-state index in [9.17, 15) is 4.79 Å². The maximum Gasteiger partial charge on any atom is 0.346 e. The Morgan fingerprint density at radius 1 is 1.56 bits per heavy atom. The molecule has 16 heavy (non-hydrogen) atoms. The van der Waals surface area contributed by atoms with Gasteiger partial charge in [-0.3, -0.25) is 4.68 Å². The molecule has 0 amide bonds. The van der Waals surface area contributed by atoms with Gasteiger partial charge >= 0.3 is 5.97 Å². The van der Waals surface area contributed by atoms with E-state index < -0.39 is 5.97 Å². The van der Waals surface area contributed by atoms with Gasteiger partial charge in [-0.05, 0) is 24.0 Å². The van der Waals surface area contributed by atoms with Crippen LogP contribution in [0.3, 0.4) is 0 Å². The summed E-state index contributed by atoms with van der Waals surface area (Å²) in [5, 5.41) is 15.2. The average Bonchev–Trinajstić information content (AvgIpc) is 2.81. The Balaban J connectivity index is 2.26. The number of aromatic nitrogens is 2. The SMILES string of the molecule is Cn1ncc2c1-c1csc(C(=O)O)c1CC2. The standard InChI is InChI=1S/C11H10N2O2S/c1-13-9-6(4-12-13)2-3-7-8(9)5-16-10(7)11(14)15/h4-5H,2-3H2,1H3,(H,14,15). The van der Waals surface area contributed by atoms with Crippen LogP contribution >= 0.6 is 11.3 Å². The maximum atomic E-state index is 11.1. The van der Waals surface area contributed by atoms with E-state index in [0.717, 1.165) is 29.7 Å². The lowest BCUT2D eigenvalue weighted by atomic mass is 9.92. The van der Waals surface area contributed by atoms with E-state index in [2.05, 4.69) is 5.10 Å². The summed E-state index contributed by atoms with van der Waals surface area (Å²) in [6, 6.07) is 0. The molecule has 0 spiro atoms. The highest BCUT2D eigenvalue weighted by Gasteiger charge is 2.25. The van der Waals surface area contributed by atoms with Gasteiger partial charge in [-0.1, -0.05) is 0 Å². The van der Waals surface area contributed by atoms with Crippen molar-refractivity contribution < 1.29 is 9.90 Å². The van der Waals surface area contributed by atoms with Crippen LogP contribution in [0, 0.1) is 0 Å². The van der Waals surface area contributed by atoms with Crippen molar-refractivity contribution in [2.24, 2.45) is 7.05 Å². The molecule has 0 fully saturated rings. The van der Waals surface area contributed by atoms with Crippen LogP contribution in [-0.4, -0.2) is 20.9 Å². The first-order chi connectivity index (χ1) is 7.68. The first kappa shape index (κ1) is 9.59. The van der Waals surface area contributed by atoms with Gasteiger partial charge in [-0.2, -0.15) is 5.10 Å². The van der Waals surface area contributed by atoms with E-state index in [4.69, 9.17) is 5.11 Å². The molecule has 2 aromatic heterocycles. The third-order valence-electron chi connectivity index (χ3n) is 3.00. The van der Waals surface area contributed by atoms with E-state index in [-0.39, 0.29) is 0 Å². The minimum Gasteiger partial charge on any atom is -0.477 e. The van der Waals surface area contributed by atoms with Gasteiger partial charge in [0.15, 0.2) is 0 Å². The molecule has 1 aliphatic rings. The maximum absolute atomic E-state index is 11.1. The van der Waals surface area contributed by atoms with Crippen molar-refractivity contribution >= 4 is 17.3 Å². The molecule has 82 valence electrons. The number of carbonyl (C=O) groups is 1. The quantitative estimate of drug-likeness (QED) is 0.820. The third kappa shape index (κ3) is 1.15. The largest absolute Gasteiger partial charge is 0.477 e. The van der Waals surface area contributed by atoms with Gasteiger partial charge in [0.05, 0.1) is 11.9 Å². The molecule has 0 radical (unpaired) electrons. The van der Waals surface area contributed by atoms with Gasteiger partial charge in [0.2, 0.25) is 0 Å². The number of carboxylic acid groups (broad SMARTS) is 1. The summed E-state index contributed by atoms with van der Waals surface area (Å²) >= 11 is 1.31. The van der Waals surface area contributed by atoms with Crippen LogP contribution in [0.25, 0.3) is 11.3 Å². The first-order valence-corrected chi connectivity index (χ1v) is 5.91. The minimum atomic E-state index is -0.822. The lowest BCUT2D eigenvalue weighted by Crippen LogP contribution is -2.07. The molecule has 1 N–H and O–H groups in total. The average molecular weight is 234 g/mol. The molecule has 2 aromatic rings. The topological polar surface area (TPSA) is 55.1 Å². The summed E-state index contributed by atoms with van der Waals surface area (Å²) in [5.74, 6) is -0.822. The molecule has 0 bridgehead atoms. The fraction of sp³-hybridized carbons (Fsp3) is 0.273. The molecular formula is C11H10N2O2S. The first-order valence-electron chi connectivity index (χ1n) is 5.03. The number of hydrogen-bond acceptors (Lipinski definition) is 3. The minimum absolute atomic E-state index is 0.474. The molecule has 4 nitrogen and oxygen atoms in total. The second-order valence-corrected chi connectivity index (χ2v) is 4.78. The summed E-state index contributed by atoms with van der Waals surface area (Å²) in [6.07, 6.45) is 3.56. The smallest absolute Gasteiger partial charge is 0.346 e. The van der Waals surface area contributed by atoms with Gasteiger partial charge in [0.25, 0.3) is 0 Å². The Morgan fingerprint density at radius 3 is 3.12 bits per heavy atom. The number of hydrogen-bond donors (Lipinski definition) is 1. The van der Waals surface area contributed by atoms with E-state index in [1.54, 1.807) is 0 Å². The zero-order valence-corrected chi connectivity index (χ0v) is 9.54. The Bertz CT molecular complexity index is 583. The normalized spacial score (nSPS) is 13.3. The molecule has 0 unspecified atom stereocenters. The molecule has 0 aromatic carbocycles. The molecule has 5 heteroatoms. The lowest BCUT2D eigenvalue weighted by molar-refractivity contribution is 0.0701. The van der Waals surface area contributed by atoms with Crippen LogP contribution in [-0.2, 0) is 19.9 Å². The summed E-state index contributed by atoms with van der Waals surface area (Å²) in [5.41, 5.74) is 4.30. The Morgan fingerprint density at radius 2 is 2.38 bits per heavy atom. The molecular weight excluding hydrogens is 224 g/mol. The fourth-order valence-corrected chi connectivity index (χ4v) is 3.23. The van der Waals surface area contributed by atoms with Crippen molar-refractivity contribution in [1.82, 2.24) is 9.78 Å². The predicted molar refractivity (Wildman–Crippen MR) is 60.9 cm³/mol. The van der Waals surface area contributed by atoms with Gasteiger partial charge < -0.3 is 5.11 Å². The Kier molecular flexibility index (Phi) is 1.91. The van der Waals surface area contributed by atoms with Crippen LogP contribution in [0.5, 0.6) is 0 Å². The highest BCUT2D eigenvalue weighted by Crippen LogP contribution is 2.38. The predicted octanol–water partition coefficient (Wildman–Crippen LogP) is 1.95. The zero-order valence-electron chi connectivity index (χ0n) is 8.73. The van der Waals surface area contributed by atoms with Crippen LogP contribution in [0.1, 0.15) is 20.8 Å². The number of aryl methyl sites for hydroxylation is 2. The van der Waals surface area contributed by atoms with E-state index in [1.165, 1.54) is 16.9 Å². The molecule has 0 aliphatic heterocycles. The highest BCUT2D eigenvalue weighted by atomic mass is 32.1. The van der Waals surface area contributed by atoms with Crippen LogP contribution in [0.4, 0.5) is 0 Å². The number of rotatable bonds is 1. The fourth-order valence-electron chi connectivity index (χ4n) is 2.28. The van der Waals surface area contributed by atoms with E-state index in [1.807, 2.05) is 23.3 Å². The van der Waals surface area contributed by atoms with Crippen LogP contribution < -0.4 is 0 Å². The van der Waals surface area contributed by atoms with Crippen LogP contribution in [0.15, 0.2) is 11.6 Å². The number of aromatic carboxylic acids is 1. The van der Waals surface area contributed by atoms with Crippen molar-refractivity contribution in [3.05, 3.63) is 27.6 Å². The van der Waals surface area contributed by atoms with Gasteiger partial charge in [-0.25, -0.2) is 4.79 Å². The monoisotopic (exact) mass is 234 g/mol. The summed E-state index contributed by atoms with van der Waals surface area (Å²) in [4.78, 5) is 11.5. The summed E-state index contributed by atoms with van der Waals surface area (Å²) < 4.78 is 1.83. The Labute approximate surface area is 96.1 Å². The van der Waals surface area contributed by atoms with Crippen LogP contribution in [0.2, 0.25) is 0 Å². The second kappa shape index (κ2) is 3.18. The zero-order chi connectivity index (χ0) is 11.3. The molecule has 0 saturated heterocycles. The third-order valence-corrected chi connectivity index (χ3v) is 4.01. The Hall–Kier alpha value is -1.62. The number of thiophene rings is 1. The van der Waals surface area contributed by atoms with Crippen molar-refractivity contribution in [3.63, 3.8) is 0 Å². The molecule has 0 saturated carbocycles. The summed E-state index contributed by atoms with van der Waals surface area (Å²) in [6.45, 7) is 0. The lowest BCUT2D eigenvalue weighted by Gasteiger charge is -2.13.